The summed E-state index contributed by atoms with van der Waals surface area (Å²) in [7, 11) is 1.43. The number of rotatable bonds is 6. The third-order valence-electron chi connectivity index (χ3n) is 2.24. The monoisotopic (exact) mass is 300 g/mol. The molecule has 1 aromatic carbocycles. The molecule has 1 aromatic rings. The number of carboxylic acid groups (broad SMARTS) is 2. The number of esters is 1. The van der Waals surface area contributed by atoms with E-state index >= 15 is 0 Å². The molecule has 0 saturated heterocycles. The van der Waals surface area contributed by atoms with Crippen molar-refractivity contribution in [2.45, 2.75) is 14.9 Å². The van der Waals surface area contributed by atoms with Crippen molar-refractivity contribution in [3.8, 4) is 0 Å². The summed E-state index contributed by atoms with van der Waals surface area (Å²) >= 11 is 0. The lowest BCUT2D eigenvalue weighted by molar-refractivity contribution is 0.0381. The van der Waals surface area contributed by atoms with Crippen molar-refractivity contribution in [2.75, 3.05) is 20.3 Å². The number of carboxylic acids is 2. The standard InChI is InChI=1S/C12H12O7.2CH4/c1-18-4-5-19-12(17)8-3-2-7(10(13)14)6-9(8)11(15)16;;/h2-3,6H,4-5H2,1H3,(H,13,14)(H,15,16);2*1H4. The average Bonchev–Trinajstić information content (AvgIpc) is 2.38. The van der Waals surface area contributed by atoms with Crippen molar-refractivity contribution < 1.29 is 34.1 Å². The number of carbonyl (C=O) groups excluding carboxylic acids is 1. The highest BCUT2D eigenvalue weighted by atomic mass is 16.6. The molecule has 0 unspecified atom stereocenters. The van der Waals surface area contributed by atoms with Crippen LogP contribution in [0, 0.1) is 0 Å². The first kappa shape index (κ1) is 20.9. The molecule has 0 radical (unpaired) electrons. The molecule has 1 rings (SSSR count). The summed E-state index contributed by atoms with van der Waals surface area (Å²) in [6, 6.07) is 3.17. The summed E-state index contributed by atoms with van der Waals surface area (Å²) in [4.78, 5) is 33.4. The van der Waals surface area contributed by atoms with E-state index in [4.69, 9.17) is 14.9 Å². The van der Waals surface area contributed by atoms with Crippen molar-refractivity contribution in [3.05, 3.63) is 34.9 Å². The topological polar surface area (TPSA) is 110 Å². The Morgan fingerprint density at radius 1 is 1.00 bits per heavy atom. The Bertz CT molecular complexity index is 508. The molecular weight excluding hydrogens is 280 g/mol. The van der Waals surface area contributed by atoms with Gasteiger partial charge in [-0.3, -0.25) is 0 Å². The molecule has 7 nitrogen and oxygen atoms in total. The van der Waals surface area contributed by atoms with Gasteiger partial charge in [0.2, 0.25) is 0 Å². The number of ether oxygens (including phenoxy) is 2. The third-order valence-corrected chi connectivity index (χ3v) is 2.24. The molecule has 0 spiro atoms. The Morgan fingerprint density at radius 3 is 2.10 bits per heavy atom. The molecule has 21 heavy (non-hydrogen) atoms. The zero-order valence-corrected chi connectivity index (χ0v) is 10.1. The number of carbonyl (C=O) groups is 3. The van der Waals surface area contributed by atoms with Crippen molar-refractivity contribution >= 4 is 17.9 Å². The fourth-order valence-electron chi connectivity index (χ4n) is 1.33. The Kier molecular flexibility index (Phi) is 9.44. The first-order chi connectivity index (χ1) is 8.97. The second kappa shape index (κ2) is 9.49. The maximum Gasteiger partial charge on any atom is 0.339 e. The van der Waals surface area contributed by atoms with E-state index in [9.17, 15) is 14.4 Å². The molecule has 118 valence electrons. The van der Waals surface area contributed by atoms with Crippen LogP contribution in [0.15, 0.2) is 18.2 Å². The van der Waals surface area contributed by atoms with Gasteiger partial charge in [0.15, 0.2) is 0 Å². The third kappa shape index (κ3) is 5.62. The van der Waals surface area contributed by atoms with Gasteiger partial charge in [-0.2, -0.15) is 0 Å². The largest absolute Gasteiger partial charge is 0.478 e. The van der Waals surface area contributed by atoms with E-state index in [1.807, 2.05) is 0 Å². The van der Waals surface area contributed by atoms with Crippen molar-refractivity contribution in [1.82, 2.24) is 0 Å². The van der Waals surface area contributed by atoms with E-state index in [-0.39, 0.29) is 39.2 Å². The summed E-state index contributed by atoms with van der Waals surface area (Å²) in [6.45, 7) is 0.163. The summed E-state index contributed by atoms with van der Waals surface area (Å²) in [5.41, 5.74) is -0.832. The number of aromatic carboxylic acids is 2. The molecule has 0 fully saturated rings. The van der Waals surface area contributed by atoms with Gasteiger partial charge in [-0.15, -0.1) is 0 Å². The average molecular weight is 300 g/mol. The molecule has 0 aliphatic carbocycles. The van der Waals surface area contributed by atoms with E-state index in [1.54, 1.807) is 0 Å². The quantitative estimate of drug-likeness (QED) is 0.611. The predicted molar refractivity (Wildman–Crippen MR) is 76.0 cm³/mol. The first-order valence-corrected chi connectivity index (χ1v) is 5.24. The molecule has 7 heteroatoms. The summed E-state index contributed by atoms with van der Waals surface area (Å²) in [6.07, 6.45) is 0. The molecule has 2 N–H and O–H groups in total. The number of hydrogen-bond acceptors (Lipinski definition) is 5. The number of hydrogen-bond donors (Lipinski definition) is 2. The van der Waals surface area contributed by atoms with Crippen LogP contribution in [0.25, 0.3) is 0 Å². The minimum atomic E-state index is -1.40. The Morgan fingerprint density at radius 2 is 1.62 bits per heavy atom. The highest BCUT2D eigenvalue weighted by Gasteiger charge is 2.19. The summed E-state index contributed by atoms with van der Waals surface area (Å²) in [5.74, 6) is -3.52. The van der Waals surface area contributed by atoms with Crippen LogP contribution >= 0.6 is 0 Å². The van der Waals surface area contributed by atoms with E-state index in [0.29, 0.717) is 0 Å². The van der Waals surface area contributed by atoms with Gasteiger partial charge in [0.05, 0.1) is 23.3 Å². The van der Waals surface area contributed by atoms with Gasteiger partial charge in [-0.25, -0.2) is 14.4 Å². The zero-order valence-electron chi connectivity index (χ0n) is 10.1. The van der Waals surface area contributed by atoms with E-state index in [1.165, 1.54) is 7.11 Å². The second-order valence-electron chi connectivity index (χ2n) is 3.50. The molecule has 0 heterocycles. The summed E-state index contributed by atoms with van der Waals surface area (Å²) < 4.78 is 9.47. The minimum Gasteiger partial charge on any atom is -0.478 e. The van der Waals surface area contributed by atoms with Crippen LogP contribution in [-0.2, 0) is 9.47 Å². The molecule has 0 saturated carbocycles. The first-order valence-electron chi connectivity index (χ1n) is 5.24. The molecule has 0 atom stereocenters. The van der Waals surface area contributed by atoms with Crippen molar-refractivity contribution in [3.63, 3.8) is 0 Å². The van der Waals surface area contributed by atoms with E-state index < -0.39 is 23.5 Å². The van der Waals surface area contributed by atoms with E-state index in [2.05, 4.69) is 4.74 Å². The van der Waals surface area contributed by atoms with Gasteiger partial charge in [0, 0.05) is 7.11 Å². The molecule has 0 bridgehead atoms. The maximum atomic E-state index is 11.6. The maximum absolute atomic E-state index is 11.6. The van der Waals surface area contributed by atoms with E-state index in [0.717, 1.165) is 18.2 Å². The molecular formula is C14H20O7. The Hall–Kier alpha value is -2.41. The van der Waals surface area contributed by atoms with Crippen LogP contribution in [0.2, 0.25) is 0 Å². The molecule has 0 aliphatic rings. The van der Waals surface area contributed by atoms with Gasteiger partial charge in [0.25, 0.3) is 0 Å². The number of methoxy groups -OCH3 is 1. The van der Waals surface area contributed by atoms with Gasteiger partial charge in [0.1, 0.15) is 6.61 Å². The lowest BCUT2D eigenvalue weighted by Crippen LogP contribution is -2.15. The van der Waals surface area contributed by atoms with Crippen molar-refractivity contribution in [1.29, 1.82) is 0 Å². The number of benzene rings is 1. The smallest absolute Gasteiger partial charge is 0.339 e. The fourth-order valence-corrected chi connectivity index (χ4v) is 1.33. The van der Waals surface area contributed by atoms with Crippen LogP contribution in [0.4, 0.5) is 0 Å². The highest BCUT2D eigenvalue weighted by Crippen LogP contribution is 2.14. The summed E-state index contributed by atoms with van der Waals surface area (Å²) in [5, 5.41) is 17.7. The SMILES string of the molecule is C.C.COCCOC(=O)c1ccc(C(=O)O)cc1C(=O)O. The minimum absolute atomic E-state index is 0. The van der Waals surface area contributed by atoms with Crippen molar-refractivity contribution in [2.24, 2.45) is 0 Å². The normalized spacial score (nSPS) is 9.00. The van der Waals surface area contributed by atoms with Crippen LogP contribution in [0.3, 0.4) is 0 Å². The lowest BCUT2D eigenvalue weighted by atomic mass is 10.0. The molecule has 0 aromatic heterocycles. The van der Waals surface area contributed by atoms with Crippen LogP contribution in [-0.4, -0.2) is 48.4 Å². The fraction of sp³-hybridized carbons (Fsp3) is 0.357. The van der Waals surface area contributed by atoms with Gasteiger partial charge in [-0.1, -0.05) is 14.9 Å². The van der Waals surface area contributed by atoms with Gasteiger partial charge < -0.3 is 19.7 Å². The lowest BCUT2D eigenvalue weighted by Gasteiger charge is -2.07. The Labute approximate surface area is 123 Å². The predicted octanol–water partition coefficient (Wildman–Crippen LogP) is 2.16. The Balaban J connectivity index is 0. The zero-order chi connectivity index (χ0) is 14.4. The van der Waals surface area contributed by atoms with Gasteiger partial charge >= 0.3 is 17.9 Å². The van der Waals surface area contributed by atoms with Crippen LogP contribution < -0.4 is 0 Å². The molecule has 0 amide bonds. The second-order valence-corrected chi connectivity index (χ2v) is 3.50. The van der Waals surface area contributed by atoms with Gasteiger partial charge in [-0.05, 0) is 18.2 Å². The van der Waals surface area contributed by atoms with Crippen LogP contribution in [0.5, 0.6) is 0 Å². The van der Waals surface area contributed by atoms with Crippen LogP contribution in [0.1, 0.15) is 45.9 Å². The highest BCUT2D eigenvalue weighted by molar-refractivity contribution is 6.04. The molecule has 0 aliphatic heterocycles.